The minimum absolute atomic E-state index is 0.0119. The summed E-state index contributed by atoms with van der Waals surface area (Å²) >= 11 is 0. The third-order valence-electron chi connectivity index (χ3n) is 7.07. The highest BCUT2D eigenvalue weighted by Crippen LogP contribution is 2.40. The van der Waals surface area contributed by atoms with Crippen LogP contribution in [0.25, 0.3) is 0 Å². The number of ether oxygens (including phenoxy) is 4. The molecule has 0 bridgehead atoms. The molecule has 0 saturated heterocycles. The van der Waals surface area contributed by atoms with Gasteiger partial charge in [-0.25, -0.2) is 4.79 Å². The van der Waals surface area contributed by atoms with Crippen molar-refractivity contribution in [2.75, 3.05) is 35.0 Å². The van der Waals surface area contributed by atoms with Crippen LogP contribution in [-0.2, 0) is 12.8 Å². The molecule has 0 aromatic heterocycles. The monoisotopic (exact) mass is 468 g/mol. The van der Waals surface area contributed by atoms with Gasteiger partial charge >= 0.3 is 6.03 Å². The number of benzene rings is 2. The van der Waals surface area contributed by atoms with E-state index in [0.717, 1.165) is 30.4 Å². The Morgan fingerprint density at radius 2 is 1.53 bits per heavy atom. The van der Waals surface area contributed by atoms with E-state index < -0.39 is 0 Å². The Hall–Kier alpha value is -3.09. The van der Waals surface area contributed by atoms with Gasteiger partial charge in [0.1, 0.15) is 0 Å². The number of rotatable bonds is 7. The number of methoxy groups -OCH3 is 4. The number of carbonyl (C=O) groups is 1. The van der Waals surface area contributed by atoms with Gasteiger partial charge in [0.25, 0.3) is 0 Å². The van der Waals surface area contributed by atoms with Crippen LogP contribution in [0, 0.1) is 0 Å². The topological polar surface area (TPSA) is 69.3 Å². The summed E-state index contributed by atoms with van der Waals surface area (Å²) in [5, 5.41) is 3.31. The lowest BCUT2D eigenvalue weighted by Gasteiger charge is -2.39. The summed E-state index contributed by atoms with van der Waals surface area (Å²) in [4.78, 5) is 15.5. The predicted molar refractivity (Wildman–Crippen MR) is 131 cm³/mol. The fourth-order valence-electron chi connectivity index (χ4n) is 5.23. The standard InChI is InChI=1S/C27H36N2O5/c1-31-23-11-10-18(15-24(23)32-2)14-22-21-17-26(34-4)25(33-3)16-19(21)12-13-29(22)27(30)28-20-8-6-5-7-9-20/h10-11,15-17,20,22H,5-9,12-14H2,1-4H3,(H,28,30)/t22-/m0/s1. The third-order valence-corrected chi connectivity index (χ3v) is 7.07. The summed E-state index contributed by atoms with van der Waals surface area (Å²) < 4.78 is 22.1. The van der Waals surface area contributed by atoms with Crippen molar-refractivity contribution < 1.29 is 23.7 Å². The normalized spacial score (nSPS) is 18.1. The fraction of sp³-hybridized carbons (Fsp3) is 0.519. The van der Waals surface area contributed by atoms with Gasteiger partial charge in [-0.2, -0.15) is 0 Å². The van der Waals surface area contributed by atoms with Crippen molar-refractivity contribution in [3.05, 3.63) is 47.0 Å². The van der Waals surface area contributed by atoms with Gasteiger partial charge in [0.2, 0.25) is 0 Å². The summed E-state index contributed by atoms with van der Waals surface area (Å²) in [5.41, 5.74) is 3.35. The number of amides is 2. The molecule has 2 aliphatic rings. The fourth-order valence-corrected chi connectivity index (χ4v) is 5.23. The van der Waals surface area contributed by atoms with Crippen LogP contribution in [0.3, 0.4) is 0 Å². The molecule has 1 N–H and O–H groups in total. The van der Waals surface area contributed by atoms with Crippen molar-refractivity contribution in [3.8, 4) is 23.0 Å². The van der Waals surface area contributed by atoms with Gasteiger partial charge in [0.15, 0.2) is 23.0 Å². The van der Waals surface area contributed by atoms with Crippen molar-refractivity contribution >= 4 is 6.03 Å². The molecule has 0 unspecified atom stereocenters. The van der Waals surface area contributed by atoms with Crippen LogP contribution in [0.5, 0.6) is 23.0 Å². The van der Waals surface area contributed by atoms with Crippen LogP contribution in [0.4, 0.5) is 4.79 Å². The molecule has 0 radical (unpaired) electrons. The maximum absolute atomic E-state index is 13.5. The number of nitrogens with zero attached hydrogens (tertiary/aromatic N) is 1. The number of fused-ring (bicyclic) bond motifs is 1. The van der Waals surface area contributed by atoms with Crippen molar-refractivity contribution in [1.82, 2.24) is 10.2 Å². The van der Waals surface area contributed by atoms with Crippen molar-refractivity contribution in [2.45, 2.75) is 57.0 Å². The van der Waals surface area contributed by atoms with Crippen molar-refractivity contribution in [2.24, 2.45) is 0 Å². The second-order valence-corrected chi connectivity index (χ2v) is 9.04. The Morgan fingerprint density at radius 3 is 2.21 bits per heavy atom. The lowest BCUT2D eigenvalue weighted by molar-refractivity contribution is 0.162. The van der Waals surface area contributed by atoms with Crippen LogP contribution in [0.1, 0.15) is 54.8 Å². The van der Waals surface area contributed by atoms with Crippen LogP contribution >= 0.6 is 0 Å². The van der Waals surface area contributed by atoms with Gasteiger partial charge in [-0.3, -0.25) is 0 Å². The van der Waals surface area contributed by atoms with E-state index in [-0.39, 0.29) is 18.1 Å². The first-order valence-corrected chi connectivity index (χ1v) is 12.1. The Bertz CT molecular complexity index is 1000. The van der Waals surface area contributed by atoms with Gasteiger partial charge in [-0.05, 0) is 66.6 Å². The third kappa shape index (κ3) is 5.03. The molecular weight excluding hydrogens is 432 g/mol. The molecule has 1 saturated carbocycles. The molecule has 1 aliphatic carbocycles. The molecule has 34 heavy (non-hydrogen) atoms. The van der Waals surface area contributed by atoms with Crippen LogP contribution in [0.15, 0.2) is 30.3 Å². The predicted octanol–water partition coefficient (Wildman–Crippen LogP) is 4.91. The molecule has 2 amide bonds. The van der Waals surface area contributed by atoms with Crippen LogP contribution < -0.4 is 24.3 Å². The van der Waals surface area contributed by atoms with Crippen LogP contribution in [0.2, 0.25) is 0 Å². The minimum Gasteiger partial charge on any atom is -0.493 e. The van der Waals surface area contributed by atoms with Gasteiger partial charge < -0.3 is 29.2 Å². The quantitative estimate of drug-likeness (QED) is 0.626. The molecule has 2 aromatic rings. The minimum atomic E-state index is -0.134. The Kier molecular flexibility index (Phi) is 7.70. The zero-order chi connectivity index (χ0) is 24.1. The van der Waals surface area contributed by atoms with E-state index in [4.69, 9.17) is 18.9 Å². The Morgan fingerprint density at radius 1 is 0.882 bits per heavy atom. The van der Waals surface area contributed by atoms with Gasteiger partial charge in [-0.15, -0.1) is 0 Å². The van der Waals surface area contributed by atoms with E-state index in [2.05, 4.69) is 5.32 Å². The summed E-state index contributed by atoms with van der Waals surface area (Å²) in [6.07, 6.45) is 7.16. The molecule has 2 aromatic carbocycles. The number of hydrogen-bond acceptors (Lipinski definition) is 5. The zero-order valence-electron chi connectivity index (χ0n) is 20.7. The number of urea groups is 1. The van der Waals surface area contributed by atoms with Crippen molar-refractivity contribution in [1.29, 1.82) is 0 Å². The first-order valence-electron chi connectivity index (χ1n) is 12.1. The van der Waals surface area contributed by atoms with E-state index in [9.17, 15) is 4.79 Å². The van der Waals surface area contributed by atoms with E-state index >= 15 is 0 Å². The Labute approximate surface area is 202 Å². The summed E-state index contributed by atoms with van der Waals surface area (Å²) in [6, 6.07) is 10.2. The number of carbonyl (C=O) groups excluding carboxylic acids is 1. The van der Waals surface area contributed by atoms with E-state index in [0.29, 0.717) is 36.0 Å². The maximum atomic E-state index is 13.5. The highest BCUT2D eigenvalue weighted by molar-refractivity contribution is 5.76. The highest BCUT2D eigenvalue weighted by atomic mass is 16.5. The average Bonchev–Trinajstić information content (AvgIpc) is 2.88. The molecule has 7 nitrogen and oxygen atoms in total. The molecular formula is C27H36N2O5. The Balaban J connectivity index is 1.68. The molecule has 184 valence electrons. The van der Waals surface area contributed by atoms with Gasteiger partial charge in [0, 0.05) is 12.6 Å². The molecule has 1 heterocycles. The first kappa shape index (κ1) is 24.0. The van der Waals surface area contributed by atoms with E-state index in [1.54, 1.807) is 28.4 Å². The van der Waals surface area contributed by atoms with E-state index in [1.807, 2.05) is 35.2 Å². The second-order valence-electron chi connectivity index (χ2n) is 9.04. The molecule has 0 spiro atoms. The summed E-state index contributed by atoms with van der Waals surface area (Å²) in [7, 11) is 6.56. The van der Waals surface area contributed by atoms with Crippen molar-refractivity contribution in [3.63, 3.8) is 0 Å². The first-order chi connectivity index (χ1) is 16.6. The zero-order valence-corrected chi connectivity index (χ0v) is 20.7. The van der Waals surface area contributed by atoms with Gasteiger partial charge in [-0.1, -0.05) is 25.3 Å². The molecule has 4 rings (SSSR count). The lowest BCUT2D eigenvalue weighted by Crippen LogP contribution is -2.49. The smallest absolute Gasteiger partial charge is 0.318 e. The molecule has 1 aliphatic heterocycles. The summed E-state index contributed by atoms with van der Waals surface area (Å²) in [5.74, 6) is 2.76. The number of hydrogen-bond donors (Lipinski definition) is 1. The van der Waals surface area contributed by atoms with Gasteiger partial charge in [0.05, 0.1) is 34.5 Å². The average molecular weight is 469 g/mol. The van der Waals surface area contributed by atoms with E-state index in [1.165, 1.54) is 24.8 Å². The summed E-state index contributed by atoms with van der Waals surface area (Å²) in [6.45, 7) is 0.652. The maximum Gasteiger partial charge on any atom is 0.318 e. The largest absolute Gasteiger partial charge is 0.493 e. The lowest BCUT2D eigenvalue weighted by atomic mass is 9.88. The SMILES string of the molecule is COc1ccc(C[C@H]2c3cc(OC)c(OC)cc3CCN2C(=O)NC2CCCCC2)cc1OC. The number of nitrogens with one attached hydrogen (secondary N) is 1. The molecule has 1 atom stereocenters. The molecule has 7 heteroatoms. The van der Waals surface area contributed by atoms with Crippen LogP contribution in [-0.4, -0.2) is 52.0 Å². The molecule has 1 fully saturated rings. The second kappa shape index (κ2) is 10.9. The highest BCUT2D eigenvalue weighted by Gasteiger charge is 2.33.